The summed E-state index contributed by atoms with van der Waals surface area (Å²) in [6, 6.07) is 10.00. The van der Waals surface area contributed by atoms with E-state index in [2.05, 4.69) is 19.2 Å². The van der Waals surface area contributed by atoms with E-state index in [1.54, 1.807) is 0 Å². The standard InChI is InChI=1S/C16H23NO2S/c1-12(2)8-9-20(18)11-14(17-3)16-10-13-6-4-5-7-15(13)19-16/h4-7,10,12,14,17H,8-9,11H2,1-3H3. The molecule has 2 rings (SSSR count). The van der Waals surface area contributed by atoms with Crippen LogP contribution in [0.1, 0.15) is 32.1 Å². The smallest absolute Gasteiger partial charge is 0.134 e. The topological polar surface area (TPSA) is 42.2 Å². The number of hydrogen-bond donors (Lipinski definition) is 1. The second kappa shape index (κ2) is 7.04. The first-order chi connectivity index (χ1) is 9.60. The maximum atomic E-state index is 12.1. The van der Waals surface area contributed by atoms with Crippen LogP contribution in [0, 0.1) is 5.92 Å². The van der Waals surface area contributed by atoms with Gasteiger partial charge in [0.1, 0.15) is 11.3 Å². The van der Waals surface area contributed by atoms with E-state index in [1.165, 1.54) is 0 Å². The summed E-state index contributed by atoms with van der Waals surface area (Å²) in [7, 11) is 1.07. The molecular formula is C16H23NO2S. The van der Waals surface area contributed by atoms with Gasteiger partial charge in [-0.1, -0.05) is 32.0 Å². The molecule has 110 valence electrons. The monoisotopic (exact) mass is 293 g/mol. The highest BCUT2D eigenvalue weighted by molar-refractivity contribution is 7.85. The Morgan fingerprint density at radius 3 is 2.70 bits per heavy atom. The predicted molar refractivity (Wildman–Crippen MR) is 85.3 cm³/mol. The first-order valence-electron chi connectivity index (χ1n) is 7.11. The zero-order valence-corrected chi connectivity index (χ0v) is 13.2. The molecule has 2 unspecified atom stereocenters. The third-order valence-corrected chi connectivity index (χ3v) is 4.81. The molecule has 0 amide bonds. The summed E-state index contributed by atoms with van der Waals surface area (Å²) in [5.74, 6) is 2.82. The van der Waals surface area contributed by atoms with Crippen molar-refractivity contribution >= 4 is 21.8 Å². The van der Waals surface area contributed by atoms with Crippen LogP contribution >= 0.6 is 0 Å². The Bertz CT molecular complexity index is 544. The lowest BCUT2D eigenvalue weighted by Gasteiger charge is -2.13. The van der Waals surface area contributed by atoms with Crippen molar-refractivity contribution in [3.63, 3.8) is 0 Å². The zero-order chi connectivity index (χ0) is 14.5. The van der Waals surface area contributed by atoms with Gasteiger partial charge in [0.25, 0.3) is 0 Å². The average molecular weight is 293 g/mol. The summed E-state index contributed by atoms with van der Waals surface area (Å²) in [6.07, 6.45) is 1.00. The molecule has 20 heavy (non-hydrogen) atoms. The maximum Gasteiger partial charge on any atom is 0.134 e. The van der Waals surface area contributed by atoms with Crippen LogP contribution in [0.4, 0.5) is 0 Å². The Balaban J connectivity index is 2.05. The highest BCUT2D eigenvalue weighted by Crippen LogP contribution is 2.24. The molecule has 4 heteroatoms. The van der Waals surface area contributed by atoms with Crippen molar-refractivity contribution in [3.8, 4) is 0 Å². The van der Waals surface area contributed by atoms with Crippen LogP contribution in [0.25, 0.3) is 11.0 Å². The van der Waals surface area contributed by atoms with E-state index in [0.29, 0.717) is 11.7 Å². The van der Waals surface area contributed by atoms with Crippen LogP contribution in [0.2, 0.25) is 0 Å². The fraction of sp³-hybridized carbons (Fsp3) is 0.500. The summed E-state index contributed by atoms with van der Waals surface area (Å²) in [4.78, 5) is 0. The average Bonchev–Trinajstić information content (AvgIpc) is 2.86. The molecular weight excluding hydrogens is 270 g/mol. The molecule has 2 atom stereocenters. The molecule has 0 aliphatic heterocycles. The predicted octanol–water partition coefficient (Wildman–Crippen LogP) is 3.49. The van der Waals surface area contributed by atoms with Gasteiger partial charge >= 0.3 is 0 Å². The van der Waals surface area contributed by atoms with Crippen molar-refractivity contribution < 1.29 is 8.63 Å². The summed E-state index contributed by atoms with van der Waals surface area (Å²) >= 11 is 0. The molecule has 0 saturated heterocycles. The third kappa shape index (κ3) is 3.93. The van der Waals surface area contributed by atoms with Gasteiger partial charge in [-0.2, -0.15) is 0 Å². The molecule has 3 nitrogen and oxygen atoms in total. The van der Waals surface area contributed by atoms with Gasteiger partial charge in [-0.15, -0.1) is 0 Å². The molecule has 0 fully saturated rings. The third-order valence-electron chi connectivity index (χ3n) is 3.41. The molecule has 0 saturated carbocycles. The minimum absolute atomic E-state index is 0.00963. The van der Waals surface area contributed by atoms with Gasteiger partial charge in [-0.05, 0) is 31.5 Å². The van der Waals surface area contributed by atoms with Crippen LogP contribution in [-0.4, -0.2) is 22.8 Å². The summed E-state index contributed by atoms with van der Waals surface area (Å²) in [5.41, 5.74) is 0.885. The van der Waals surface area contributed by atoms with Crippen molar-refractivity contribution in [2.24, 2.45) is 5.92 Å². The van der Waals surface area contributed by atoms with Crippen LogP contribution in [0.5, 0.6) is 0 Å². The molecule has 1 aromatic heterocycles. The van der Waals surface area contributed by atoms with Crippen molar-refractivity contribution in [1.29, 1.82) is 0 Å². The number of benzene rings is 1. The number of hydrogen-bond acceptors (Lipinski definition) is 3. The van der Waals surface area contributed by atoms with E-state index in [1.807, 2.05) is 37.4 Å². The van der Waals surface area contributed by atoms with E-state index in [0.717, 1.165) is 28.9 Å². The van der Waals surface area contributed by atoms with Crippen LogP contribution in [-0.2, 0) is 10.8 Å². The normalized spacial score (nSPS) is 14.8. The second-order valence-corrected chi connectivity index (χ2v) is 7.14. The summed E-state index contributed by atoms with van der Waals surface area (Å²) < 4.78 is 18.0. The number of nitrogens with one attached hydrogen (secondary N) is 1. The van der Waals surface area contributed by atoms with Gasteiger partial charge in [0.05, 0.1) is 6.04 Å². The lowest BCUT2D eigenvalue weighted by Crippen LogP contribution is -2.23. The number of para-hydroxylation sites is 1. The van der Waals surface area contributed by atoms with Crippen LogP contribution in [0.15, 0.2) is 34.7 Å². The number of fused-ring (bicyclic) bond motifs is 1. The summed E-state index contributed by atoms with van der Waals surface area (Å²) in [5, 5.41) is 4.30. The van der Waals surface area contributed by atoms with Gasteiger partial charge < -0.3 is 9.73 Å². The Kier molecular flexibility index (Phi) is 5.38. The van der Waals surface area contributed by atoms with Gasteiger partial charge in [-0.25, -0.2) is 0 Å². The van der Waals surface area contributed by atoms with E-state index in [9.17, 15) is 4.21 Å². The van der Waals surface area contributed by atoms with Crippen molar-refractivity contribution in [3.05, 3.63) is 36.1 Å². The van der Waals surface area contributed by atoms with Crippen LogP contribution in [0.3, 0.4) is 0 Å². The first kappa shape index (κ1) is 15.3. The molecule has 2 aromatic rings. The van der Waals surface area contributed by atoms with Gasteiger partial charge in [0, 0.05) is 27.7 Å². The molecule has 0 aliphatic rings. The lowest BCUT2D eigenvalue weighted by atomic mass is 10.2. The van der Waals surface area contributed by atoms with Crippen molar-refractivity contribution in [2.45, 2.75) is 26.3 Å². The van der Waals surface area contributed by atoms with E-state index < -0.39 is 10.8 Å². The summed E-state index contributed by atoms with van der Waals surface area (Å²) in [6.45, 7) is 4.32. The van der Waals surface area contributed by atoms with Crippen LogP contribution < -0.4 is 5.32 Å². The lowest BCUT2D eigenvalue weighted by molar-refractivity contribution is 0.476. The maximum absolute atomic E-state index is 12.1. The zero-order valence-electron chi connectivity index (χ0n) is 12.4. The second-order valence-electron chi connectivity index (χ2n) is 5.52. The van der Waals surface area contributed by atoms with E-state index >= 15 is 0 Å². The molecule has 0 bridgehead atoms. The van der Waals surface area contributed by atoms with Gasteiger partial charge in [-0.3, -0.25) is 4.21 Å². The largest absolute Gasteiger partial charge is 0.459 e. The Labute approximate surface area is 123 Å². The first-order valence-corrected chi connectivity index (χ1v) is 8.59. The van der Waals surface area contributed by atoms with Crippen molar-refractivity contribution in [2.75, 3.05) is 18.6 Å². The molecule has 1 aromatic carbocycles. The van der Waals surface area contributed by atoms with E-state index in [4.69, 9.17) is 4.42 Å². The minimum Gasteiger partial charge on any atom is -0.459 e. The number of rotatable bonds is 7. The fourth-order valence-electron chi connectivity index (χ4n) is 2.12. The number of furan rings is 1. The highest BCUT2D eigenvalue weighted by Gasteiger charge is 2.17. The Hall–Kier alpha value is -1.13. The van der Waals surface area contributed by atoms with Crippen molar-refractivity contribution in [1.82, 2.24) is 5.32 Å². The molecule has 0 spiro atoms. The fourth-order valence-corrected chi connectivity index (χ4v) is 3.72. The van der Waals surface area contributed by atoms with E-state index in [-0.39, 0.29) is 6.04 Å². The Morgan fingerprint density at radius 1 is 1.30 bits per heavy atom. The Morgan fingerprint density at radius 2 is 2.05 bits per heavy atom. The van der Waals surface area contributed by atoms with Gasteiger partial charge in [0.15, 0.2) is 0 Å². The highest BCUT2D eigenvalue weighted by atomic mass is 32.2. The SMILES string of the molecule is CNC(CS(=O)CCC(C)C)c1cc2ccccc2o1. The molecule has 1 N–H and O–H groups in total. The quantitative estimate of drug-likeness (QED) is 0.849. The van der Waals surface area contributed by atoms with Gasteiger partial charge in [0.2, 0.25) is 0 Å². The molecule has 0 aliphatic carbocycles. The minimum atomic E-state index is -0.815. The molecule has 0 radical (unpaired) electrons. The molecule has 1 heterocycles.